The van der Waals surface area contributed by atoms with Crippen LogP contribution in [-0.2, 0) is 4.74 Å². The quantitative estimate of drug-likeness (QED) is 0.681. The third-order valence-corrected chi connectivity index (χ3v) is 3.46. The van der Waals surface area contributed by atoms with Crippen LogP contribution in [0.2, 0.25) is 0 Å². The molecular weight excluding hydrogens is 188 g/mol. The van der Waals surface area contributed by atoms with Gasteiger partial charge in [0, 0.05) is 19.1 Å². The van der Waals surface area contributed by atoms with Gasteiger partial charge in [-0.25, -0.2) is 0 Å². The molecule has 0 aromatic rings. The average Bonchev–Trinajstić information content (AvgIpc) is 2.25. The highest BCUT2D eigenvalue weighted by Gasteiger charge is 2.21. The topological polar surface area (TPSA) is 38.5 Å². The molecule has 0 spiro atoms. The van der Waals surface area contributed by atoms with Gasteiger partial charge in [0.2, 0.25) is 0 Å². The highest BCUT2D eigenvalue weighted by Crippen LogP contribution is 2.26. The van der Waals surface area contributed by atoms with Crippen LogP contribution in [0.3, 0.4) is 0 Å². The largest absolute Gasteiger partial charge is 0.379 e. The standard InChI is InChI=1S/C12H26N2O/c1-11-3-5-12(6-4-11)14(2)8-10-15-9-7-13/h11-12H,3-10,13H2,1-2H3. The number of hydrogen-bond acceptors (Lipinski definition) is 3. The lowest BCUT2D eigenvalue weighted by Gasteiger charge is -2.33. The van der Waals surface area contributed by atoms with Gasteiger partial charge in [-0.15, -0.1) is 0 Å². The van der Waals surface area contributed by atoms with Gasteiger partial charge in [0.25, 0.3) is 0 Å². The molecule has 0 bridgehead atoms. The van der Waals surface area contributed by atoms with E-state index in [4.69, 9.17) is 10.5 Å². The lowest BCUT2D eigenvalue weighted by molar-refractivity contribution is 0.0898. The van der Waals surface area contributed by atoms with E-state index >= 15 is 0 Å². The van der Waals surface area contributed by atoms with E-state index in [1.165, 1.54) is 25.7 Å². The van der Waals surface area contributed by atoms with Crippen molar-refractivity contribution in [2.24, 2.45) is 11.7 Å². The molecule has 15 heavy (non-hydrogen) atoms. The normalized spacial score (nSPS) is 27.2. The molecule has 0 unspecified atom stereocenters. The predicted molar refractivity (Wildman–Crippen MR) is 63.9 cm³/mol. The smallest absolute Gasteiger partial charge is 0.0594 e. The molecule has 0 aromatic heterocycles. The third kappa shape index (κ3) is 4.96. The maximum Gasteiger partial charge on any atom is 0.0594 e. The SMILES string of the molecule is CC1CCC(N(C)CCOCCN)CC1. The molecule has 0 amide bonds. The molecule has 0 aromatic carbocycles. The van der Waals surface area contributed by atoms with Crippen molar-refractivity contribution in [2.45, 2.75) is 38.6 Å². The Hall–Kier alpha value is -0.120. The molecule has 1 saturated carbocycles. The summed E-state index contributed by atoms with van der Waals surface area (Å²) in [6, 6.07) is 0.780. The minimum absolute atomic E-state index is 0.630. The Labute approximate surface area is 94.0 Å². The third-order valence-electron chi connectivity index (χ3n) is 3.46. The van der Waals surface area contributed by atoms with Gasteiger partial charge < -0.3 is 15.4 Å². The molecule has 0 atom stereocenters. The summed E-state index contributed by atoms with van der Waals surface area (Å²) in [4.78, 5) is 2.45. The minimum Gasteiger partial charge on any atom is -0.379 e. The summed E-state index contributed by atoms with van der Waals surface area (Å²) >= 11 is 0. The molecule has 1 aliphatic rings. The number of likely N-dealkylation sites (N-methyl/N-ethyl adjacent to an activating group) is 1. The number of rotatable bonds is 6. The summed E-state index contributed by atoms with van der Waals surface area (Å²) in [5, 5.41) is 0. The van der Waals surface area contributed by atoms with Crippen LogP contribution in [-0.4, -0.2) is 44.3 Å². The van der Waals surface area contributed by atoms with Crippen molar-refractivity contribution in [2.75, 3.05) is 33.4 Å². The molecule has 3 nitrogen and oxygen atoms in total. The van der Waals surface area contributed by atoms with Crippen molar-refractivity contribution in [1.82, 2.24) is 4.90 Å². The molecule has 90 valence electrons. The van der Waals surface area contributed by atoms with Crippen LogP contribution in [0, 0.1) is 5.92 Å². The first-order chi connectivity index (χ1) is 7.24. The molecule has 0 saturated heterocycles. The first-order valence-corrected chi connectivity index (χ1v) is 6.22. The number of ether oxygens (including phenoxy) is 1. The van der Waals surface area contributed by atoms with Crippen LogP contribution in [0.15, 0.2) is 0 Å². The summed E-state index contributed by atoms with van der Waals surface area (Å²) in [5.41, 5.74) is 5.36. The molecule has 2 N–H and O–H groups in total. The molecule has 0 aliphatic heterocycles. The monoisotopic (exact) mass is 214 g/mol. The van der Waals surface area contributed by atoms with Crippen LogP contribution in [0.4, 0.5) is 0 Å². The second-order valence-electron chi connectivity index (χ2n) is 4.80. The molecule has 1 rings (SSSR count). The lowest BCUT2D eigenvalue weighted by atomic mass is 9.87. The van der Waals surface area contributed by atoms with Crippen molar-refractivity contribution < 1.29 is 4.74 Å². The van der Waals surface area contributed by atoms with Crippen molar-refractivity contribution in [3.63, 3.8) is 0 Å². The van der Waals surface area contributed by atoms with Crippen LogP contribution in [0.1, 0.15) is 32.6 Å². The van der Waals surface area contributed by atoms with E-state index in [9.17, 15) is 0 Å². The average molecular weight is 214 g/mol. The van der Waals surface area contributed by atoms with Crippen LogP contribution >= 0.6 is 0 Å². The van der Waals surface area contributed by atoms with Gasteiger partial charge >= 0.3 is 0 Å². The Morgan fingerprint density at radius 1 is 1.20 bits per heavy atom. The van der Waals surface area contributed by atoms with E-state index in [0.717, 1.165) is 25.1 Å². The van der Waals surface area contributed by atoms with E-state index in [1.54, 1.807) is 0 Å². The Kier molecular flexibility index (Phi) is 6.22. The molecule has 0 radical (unpaired) electrons. The Morgan fingerprint density at radius 3 is 2.47 bits per heavy atom. The van der Waals surface area contributed by atoms with Crippen molar-refractivity contribution >= 4 is 0 Å². The fourth-order valence-electron chi connectivity index (χ4n) is 2.26. The molecular formula is C12H26N2O. The van der Waals surface area contributed by atoms with Crippen molar-refractivity contribution in [3.8, 4) is 0 Å². The second kappa shape index (κ2) is 7.20. The van der Waals surface area contributed by atoms with E-state index in [1.807, 2.05) is 0 Å². The van der Waals surface area contributed by atoms with Gasteiger partial charge in [0.05, 0.1) is 13.2 Å². The highest BCUT2D eigenvalue weighted by molar-refractivity contribution is 4.76. The molecule has 1 fully saturated rings. The van der Waals surface area contributed by atoms with Gasteiger partial charge in [0.1, 0.15) is 0 Å². The lowest BCUT2D eigenvalue weighted by Crippen LogP contribution is -2.37. The summed E-state index contributed by atoms with van der Waals surface area (Å²) in [6.07, 6.45) is 5.49. The zero-order chi connectivity index (χ0) is 11.1. The summed E-state index contributed by atoms with van der Waals surface area (Å²) in [5.74, 6) is 0.933. The predicted octanol–water partition coefficient (Wildman–Crippen LogP) is 1.47. The van der Waals surface area contributed by atoms with E-state index in [2.05, 4.69) is 18.9 Å². The number of nitrogens with zero attached hydrogens (tertiary/aromatic N) is 1. The Bertz CT molecular complexity index is 156. The summed E-state index contributed by atoms with van der Waals surface area (Å²) in [7, 11) is 2.21. The molecule has 1 aliphatic carbocycles. The Balaban J connectivity index is 2.08. The zero-order valence-electron chi connectivity index (χ0n) is 10.2. The number of nitrogens with two attached hydrogens (primary N) is 1. The van der Waals surface area contributed by atoms with Gasteiger partial charge in [-0.05, 0) is 38.6 Å². The Morgan fingerprint density at radius 2 is 1.87 bits per heavy atom. The van der Waals surface area contributed by atoms with Gasteiger partial charge in [0.15, 0.2) is 0 Å². The van der Waals surface area contributed by atoms with E-state index in [0.29, 0.717) is 13.2 Å². The minimum atomic E-state index is 0.630. The van der Waals surface area contributed by atoms with E-state index in [-0.39, 0.29) is 0 Å². The highest BCUT2D eigenvalue weighted by atomic mass is 16.5. The van der Waals surface area contributed by atoms with Gasteiger partial charge in [-0.1, -0.05) is 6.92 Å². The zero-order valence-corrected chi connectivity index (χ0v) is 10.2. The number of hydrogen-bond donors (Lipinski definition) is 1. The van der Waals surface area contributed by atoms with Crippen LogP contribution in [0.25, 0.3) is 0 Å². The summed E-state index contributed by atoms with van der Waals surface area (Å²) < 4.78 is 5.40. The summed E-state index contributed by atoms with van der Waals surface area (Å²) in [6.45, 7) is 5.54. The maximum absolute atomic E-state index is 5.40. The van der Waals surface area contributed by atoms with Crippen molar-refractivity contribution in [3.05, 3.63) is 0 Å². The van der Waals surface area contributed by atoms with E-state index < -0.39 is 0 Å². The first kappa shape index (κ1) is 12.9. The van der Waals surface area contributed by atoms with Crippen LogP contribution < -0.4 is 5.73 Å². The second-order valence-corrected chi connectivity index (χ2v) is 4.80. The fourth-order valence-corrected chi connectivity index (χ4v) is 2.26. The fraction of sp³-hybridized carbons (Fsp3) is 1.00. The molecule has 0 heterocycles. The van der Waals surface area contributed by atoms with Crippen LogP contribution in [0.5, 0.6) is 0 Å². The first-order valence-electron chi connectivity index (χ1n) is 6.22. The van der Waals surface area contributed by atoms with Gasteiger partial charge in [-0.3, -0.25) is 0 Å². The van der Waals surface area contributed by atoms with Gasteiger partial charge in [-0.2, -0.15) is 0 Å². The maximum atomic E-state index is 5.40. The van der Waals surface area contributed by atoms with Crippen molar-refractivity contribution in [1.29, 1.82) is 0 Å². The molecule has 3 heteroatoms.